The van der Waals surface area contributed by atoms with Crippen molar-refractivity contribution < 1.29 is 14.3 Å². The zero-order chi connectivity index (χ0) is 19.4. The summed E-state index contributed by atoms with van der Waals surface area (Å²) >= 11 is 0. The summed E-state index contributed by atoms with van der Waals surface area (Å²) < 4.78 is 5.44. The number of piperidine rings is 1. The van der Waals surface area contributed by atoms with E-state index in [2.05, 4.69) is 22.3 Å². The lowest BCUT2D eigenvalue weighted by atomic mass is 10.0. The van der Waals surface area contributed by atoms with Crippen molar-refractivity contribution in [2.45, 2.75) is 64.3 Å². The third kappa shape index (κ3) is 5.45. The second kappa shape index (κ2) is 8.30. The third-order valence-electron chi connectivity index (χ3n) is 5.08. The molecule has 2 fully saturated rings. The lowest BCUT2D eigenvalue weighted by Crippen LogP contribution is -2.54. The highest BCUT2D eigenvalue weighted by atomic mass is 16.6. The highest BCUT2D eigenvalue weighted by Crippen LogP contribution is 2.23. The van der Waals surface area contributed by atoms with Gasteiger partial charge in [-0.25, -0.2) is 4.79 Å². The average molecular weight is 373 g/mol. The first kappa shape index (κ1) is 19.7. The van der Waals surface area contributed by atoms with Gasteiger partial charge < -0.3 is 15.0 Å². The molecule has 0 bridgehead atoms. The van der Waals surface area contributed by atoms with E-state index in [0.717, 1.165) is 32.5 Å². The third-order valence-corrected chi connectivity index (χ3v) is 5.08. The number of carbonyl (C=O) groups is 2. The van der Waals surface area contributed by atoms with Gasteiger partial charge in [0.05, 0.1) is 12.1 Å². The number of nitrogens with zero attached hydrogens (tertiary/aromatic N) is 2. The Hall–Kier alpha value is -2.08. The van der Waals surface area contributed by atoms with Gasteiger partial charge in [-0.2, -0.15) is 0 Å². The van der Waals surface area contributed by atoms with Gasteiger partial charge in [-0.15, -0.1) is 0 Å². The molecule has 2 aliphatic rings. The van der Waals surface area contributed by atoms with Crippen LogP contribution < -0.4 is 5.32 Å². The van der Waals surface area contributed by atoms with Gasteiger partial charge in [-0.1, -0.05) is 30.3 Å². The number of amides is 2. The molecule has 0 radical (unpaired) electrons. The monoisotopic (exact) mass is 373 g/mol. The summed E-state index contributed by atoms with van der Waals surface area (Å²) in [6, 6.07) is 10.2. The van der Waals surface area contributed by atoms with Gasteiger partial charge in [0, 0.05) is 32.6 Å². The van der Waals surface area contributed by atoms with Crippen molar-refractivity contribution in [3.63, 3.8) is 0 Å². The highest BCUT2D eigenvalue weighted by Gasteiger charge is 2.40. The van der Waals surface area contributed by atoms with Crippen molar-refractivity contribution in [2.75, 3.05) is 19.6 Å². The van der Waals surface area contributed by atoms with E-state index < -0.39 is 11.7 Å². The topological polar surface area (TPSA) is 61.9 Å². The fourth-order valence-electron chi connectivity index (χ4n) is 3.93. The summed E-state index contributed by atoms with van der Waals surface area (Å²) in [5.41, 5.74) is 0.696. The van der Waals surface area contributed by atoms with E-state index in [-0.39, 0.29) is 18.0 Å². The van der Waals surface area contributed by atoms with Gasteiger partial charge >= 0.3 is 6.09 Å². The van der Waals surface area contributed by atoms with Crippen LogP contribution in [0.1, 0.15) is 45.6 Å². The van der Waals surface area contributed by atoms with Gasteiger partial charge in [0.25, 0.3) is 0 Å². The molecule has 2 heterocycles. The predicted molar refractivity (Wildman–Crippen MR) is 104 cm³/mol. The molecule has 0 saturated carbocycles. The summed E-state index contributed by atoms with van der Waals surface area (Å²) in [5.74, 6) is 0.198. The van der Waals surface area contributed by atoms with Crippen molar-refractivity contribution in [1.82, 2.24) is 15.1 Å². The molecule has 2 amide bonds. The Balaban J connectivity index is 1.70. The van der Waals surface area contributed by atoms with Crippen LogP contribution in [0, 0.1) is 0 Å². The van der Waals surface area contributed by atoms with E-state index in [1.165, 1.54) is 5.56 Å². The van der Waals surface area contributed by atoms with E-state index in [9.17, 15) is 9.59 Å². The van der Waals surface area contributed by atoms with Crippen molar-refractivity contribution in [1.29, 1.82) is 0 Å². The molecule has 0 aliphatic carbocycles. The number of alkyl carbamates (subject to hydrolysis) is 1. The van der Waals surface area contributed by atoms with Gasteiger partial charge in [0.1, 0.15) is 5.60 Å². The molecule has 1 aromatic carbocycles. The molecule has 2 atom stereocenters. The van der Waals surface area contributed by atoms with E-state index >= 15 is 0 Å². The molecule has 2 aliphatic heterocycles. The number of benzene rings is 1. The molecule has 3 rings (SSSR count). The van der Waals surface area contributed by atoms with Crippen LogP contribution in [0.4, 0.5) is 4.79 Å². The van der Waals surface area contributed by atoms with Gasteiger partial charge in [0.2, 0.25) is 5.91 Å². The summed E-state index contributed by atoms with van der Waals surface area (Å²) in [6.07, 6.45) is 2.18. The van der Waals surface area contributed by atoms with Crippen LogP contribution in [-0.4, -0.2) is 59.1 Å². The first-order chi connectivity index (χ1) is 12.8. The van der Waals surface area contributed by atoms with Crippen molar-refractivity contribution in [3.05, 3.63) is 35.9 Å². The zero-order valence-corrected chi connectivity index (χ0v) is 16.6. The largest absolute Gasteiger partial charge is 0.444 e. The van der Waals surface area contributed by atoms with Crippen LogP contribution >= 0.6 is 0 Å². The second-order valence-electron chi connectivity index (χ2n) is 8.54. The number of carbonyl (C=O) groups excluding carboxylic acids is 2. The molecule has 1 N–H and O–H groups in total. The fraction of sp³-hybridized carbons (Fsp3) is 0.619. The van der Waals surface area contributed by atoms with Gasteiger partial charge in [-0.05, 0) is 39.2 Å². The molecule has 0 spiro atoms. The second-order valence-corrected chi connectivity index (χ2v) is 8.54. The maximum atomic E-state index is 12.5. The number of likely N-dealkylation sites (tertiary alicyclic amines) is 2. The fourth-order valence-corrected chi connectivity index (χ4v) is 3.93. The number of rotatable bonds is 4. The Morgan fingerprint density at radius 3 is 2.59 bits per heavy atom. The van der Waals surface area contributed by atoms with E-state index in [1.807, 2.05) is 43.9 Å². The quantitative estimate of drug-likeness (QED) is 0.882. The van der Waals surface area contributed by atoms with Crippen LogP contribution in [0.25, 0.3) is 0 Å². The Morgan fingerprint density at radius 1 is 1.19 bits per heavy atom. The minimum Gasteiger partial charge on any atom is -0.444 e. The average Bonchev–Trinajstić information content (AvgIpc) is 2.96. The van der Waals surface area contributed by atoms with E-state index in [4.69, 9.17) is 4.74 Å². The minimum absolute atomic E-state index is 0.00553. The Kier molecular flexibility index (Phi) is 6.05. The van der Waals surface area contributed by atoms with Crippen LogP contribution in [-0.2, 0) is 16.1 Å². The molecular weight excluding hydrogens is 342 g/mol. The molecule has 6 heteroatoms. The normalized spacial score (nSPS) is 24.1. The minimum atomic E-state index is -0.539. The molecule has 6 nitrogen and oxygen atoms in total. The molecule has 148 valence electrons. The Morgan fingerprint density at radius 2 is 1.93 bits per heavy atom. The van der Waals surface area contributed by atoms with Crippen molar-refractivity contribution >= 4 is 12.0 Å². The van der Waals surface area contributed by atoms with E-state index in [1.54, 1.807) is 0 Å². The summed E-state index contributed by atoms with van der Waals surface area (Å²) in [6.45, 7) is 8.63. The first-order valence-electron chi connectivity index (χ1n) is 9.87. The zero-order valence-electron chi connectivity index (χ0n) is 16.6. The summed E-state index contributed by atoms with van der Waals surface area (Å²) in [5, 5.41) is 3.02. The smallest absolute Gasteiger partial charge is 0.407 e. The maximum absolute atomic E-state index is 12.5. The number of hydrogen-bond donors (Lipinski definition) is 1. The summed E-state index contributed by atoms with van der Waals surface area (Å²) in [4.78, 5) is 29.1. The molecule has 2 saturated heterocycles. The van der Waals surface area contributed by atoms with Gasteiger partial charge in [-0.3, -0.25) is 9.69 Å². The van der Waals surface area contributed by atoms with Crippen molar-refractivity contribution in [2.24, 2.45) is 0 Å². The Labute approximate surface area is 161 Å². The standard InChI is InChI=1S/C21H31N3O3/c1-21(2,3)27-20(26)22-17-14-23(13-16-9-5-4-6-10-16)15-18(17)24-12-8-7-11-19(24)25/h4-6,9-10,17-18H,7-8,11-15H2,1-3H3,(H,22,26). The lowest BCUT2D eigenvalue weighted by molar-refractivity contribution is -0.136. The van der Waals surface area contributed by atoms with E-state index in [0.29, 0.717) is 13.0 Å². The highest BCUT2D eigenvalue weighted by molar-refractivity contribution is 5.77. The molecule has 2 unspecified atom stereocenters. The Bertz CT molecular complexity index is 656. The van der Waals surface area contributed by atoms with Crippen LogP contribution in [0.15, 0.2) is 30.3 Å². The number of hydrogen-bond acceptors (Lipinski definition) is 4. The molecule has 27 heavy (non-hydrogen) atoms. The molecule has 0 aromatic heterocycles. The first-order valence-corrected chi connectivity index (χ1v) is 9.87. The van der Waals surface area contributed by atoms with Crippen LogP contribution in [0.3, 0.4) is 0 Å². The number of ether oxygens (including phenoxy) is 1. The SMILES string of the molecule is CC(C)(C)OC(=O)NC1CN(Cc2ccccc2)CC1N1CCCCC1=O. The van der Waals surface area contributed by atoms with Crippen LogP contribution in [0.2, 0.25) is 0 Å². The van der Waals surface area contributed by atoms with Crippen molar-refractivity contribution in [3.8, 4) is 0 Å². The maximum Gasteiger partial charge on any atom is 0.407 e. The number of nitrogens with one attached hydrogen (secondary N) is 1. The lowest BCUT2D eigenvalue weighted by Gasteiger charge is -2.35. The predicted octanol–water partition coefficient (Wildman–Crippen LogP) is 2.78. The van der Waals surface area contributed by atoms with Crippen LogP contribution in [0.5, 0.6) is 0 Å². The molecular formula is C21H31N3O3. The molecule has 1 aromatic rings. The summed E-state index contributed by atoms with van der Waals surface area (Å²) in [7, 11) is 0. The van der Waals surface area contributed by atoms with Gasteiger partial charge in [0.15, 0.2) is 0 Å².